The molecule has 1 aliphatic rings. The van der Waals surface area contributed by atoms with E-state index >= 15 is 0 Å². The molecule has 3 rings (SSSR count). The quantitative estimate of drug-likeness (QED) is 0.799. The van der Waals surface area contributed by atoms with E-state index < -0.39 is 0 Å². The maximum absolute atomic E-state index is 11.5. The van der Waals surface area contributed by atoms with E-state index in [9.17, 15) is 4.79 Å². The molecule has 1 heterocycles. The van der Waals surface area contributed by atoms with Gasteiger partial charge < -0.3 is 0 Å². The Labute approximate surface area is 107 Å². The zero-order valence-electron chi connectivity index (χ0n) is 10.2. The zero-order valence-corrected chi connectivity index (χ0v) is 10.2. The summed E-state index contributed by atoms with van der Waals surface area (Å²) in [5, 5.41) is 0. The van der Waals surface area contributed by atoms with Crippen LogP contribution in [-0.2, 0) is 4.79 Å². The highest BCUT2D eigenvalue weighted by molar-refractivity contribution is 5.82. The zero-order chi connectivity index (χ0) is 12.4. The summed E-state index contributed by atoms with van der Waals surface area (Å²) in [6.45, 7) is 0. The lowest BCUT2D eigenvalue weighted by Gasteiger charge is -2.14. The fourth-order valence-electron chi connectivity index (χ4n) is 2.69. The Balaban J connectivity index is 2.03. The minimum Gasteiger partial charge on any atom is -0.300 e. The number of hydrogen-bond acceptors (Lipinski definition) is 2. The summed E-state index contributed by atoms with van der Waals surface area (Å²) in [7, 11) is 0. The fourth-order valence-corrected chi connectivity index (χ4v) is 2.69. The molecule has 1 atom stereocenters. The Hall–Kier alpha value is -1.96. The van der Waals surface area contributed by atoms with Crippen molar-refractivity contribution in [2.45, 2.75) is 25.2 Å². The third kappa shape index (κ3) is 2.06. The van der Waals surface area contributed by atoms with E-state index in [4.69, 9.17) is 0 Å². The first-order valence-electron chi connectivity index (χ1n) is 6.36. The van der Waals surface area contributed by atoms with E-state index in [-0.39, 0.29) is 0 Å². The van der Waals surface area contributed by atoms with Crippen LogP contribution in [-0.4, -0.2) is 10.8 Å². The molecule has 2 nitrogen and oxygen atoms in total. The van der Waals surface area contributed by atoms with Crippen molar-refractivity contribution in [3.05, 3.63) is 54.2 Å². The molecule has 1 unspecified atom stereocenters. The van der Waals surface area contributed by atoms with Crippen LogP contribution in [0.15, 0.2) is 48.7 Å². The molecule has 1 fully saturated rings. The third-order valence-electron chi connectivity index (χ3n) is 3.59. The van der Waals surface area contributed by atoms with Crippen molar-refractivity contribution < 1.29 is 4.79 Å². The molecule has 1 saturated carbocycles. The molecule has 2 heteroatoms. The van der Waals surface area contributed by atoms with Gasteiger partial charge in [0, 0.05) is 24.6 Å². The number of nitrogens with zero attached hydrogens (tertiary/aromatic N) is 1. The Kier molecular flexibility index (Phi) is 2.93. The number of carbonyl (C=O) groups excluding carboxylic acids is 1. The van der Waals surface area contributed by atoms with E-state index in [0.717, 1.165) is 24.1 Å². The van der Waals surface area contributed by atoms with Crippen molar-refractivity contribution in [2.24, 2.45) is 0 Å². The van der Waals surface area contributed by atoms with Gasteiger partial charge in [-0.25, -0.2) is 0 Å². The van der Waals surface area contributed by atoms with Crippen LogP contribution in [0.1, 0.15) is 30.7 Å². The number of aromatic nitrogens is 1. The molecular formula is C16H15NO. The highest BCUT2D eigenvalue weighted by atomic mass is 16.1. The van der Waals surface area contributed by atoms with Crippen LogP contribution in [0.4, 0.5) is 0 Å². The minimum atomic E-state index is 0.371. The Morgan fingerprint density at radius 1 is 1.06 bits per heavy atom. The minimum absolute atomic E-state index is 0.371. The van der Waals surface area contributed by atoms with Crippen LogP contribution in [0.3, 0.4) is 0 Å². The van der Waals surface area contributed by atoms with Gasteiger partial charge in [0.15, 0.2) is 0 Å². The fraction of sp³-hybridized carbons (Fsp3) is 0.250. The van der Waals surface area contributed by atoms with Gasteiger partial charge in [0.05, 0.1) is 5.69 Å². The van der Waals surface area contributed by atoms with Crippen LogP contribution in [0.5, 0.6) is 0 Å². The van der Waals surface area contributed by atoms with Gasteiger partial charge in [-0.1, -0.05) is 30.3 Å². The summed E-state index contributed by atoms with van der Waals surface area (Å²) in [6.07, 6.45) is 4.19. The number of Topliss-reactive ketones (excluding diaryl/α,β-unsaturated/α-hetero) is 1. The van der Waals surface area contributed by atoms with E-state index in [1.807, 2.05) is 36.5 Å². The number of ketones is 1. The van der Waals surface area contributed by atoms with Gasteiger partial charge in [-0.3, -0.25) is 9.78 Å². The molecule has 18 heavy (non-hydrogen) atoms. The molecule has 0 radical (unpaired) electrons. The van der Waals surface area contributed by atoms with Crippen molar-refractivity contribution in [3.63, 3.8) is 0 Å². The van der Waals surface area contributed by atoms with Crippen LogP contribution >= 0.6 is 0 Å². The van der Waals surface area contributed by atoms with Crippen LogP contribution in [0.2, 0.25) is 0 Å². The SMILES string of the molecule is O=C1CCC(c2ccccc2-c2ccccn2)C1. The molecule has 1 aromatic heterocycles. The van der Waals surface area contributed by atoms with Gasteiger partial charge in [-0.2, -0.15) is 0 Å². The van der Waals surface area contributed by atoms with Crippen LogP contribution in [0, 0.1) is 0 Å². The lowest BCUT2D eigenvalue weighted by Crippen LogP contribution is -1.98. The van der Waals surface area contributed by atoms with E-state index in [0.29, 0.717) is 18.1 Å². The Morgan fingerprint density at radius 2 is 1.89 bits per heavy atom. The lowest BCUT2D eigenvalue weighted by atomic mass is 9.91. The smallest absolute Gasteiger partial charge is 0.133 e. The van der Waals surface area contributed by atoms with Crippen molar-refractivity contribution >= 4 is 5.78 Å². The Bertz CT molecular complexity index is 562. The number of hydrogen-bond donors (Lipinski definition) is 0. The normalized spacial score (nSPS) is 19.1. The van der Waals surface area contributed by atoms with E-state index in [1.54, 1.807) is 0 Å². The predicted molar refractivity (Wildman–Crippen MR) is 71.3 cm³/mol. The van der Waals surface area contributed by atoms with Gasteiger partial charge in [0.1, 0.15) is 5.78 Å². The topological polar surface area (TPSA) is 30.0 Å². The van der Waals surface area contributed by atoms with Gasteiger partial charge in [0.2, 0.25) is 0 Å². The molecule has 0 amide bonds. The number of carbonyl (C=O) groups is 1. The summed E-state index contributed by atoms with van der Waals surface area (Å²) >= 11 is 0. The third-order valence-corrected chi connectivity index (χ3v) is 3.59. The molecule has 1 aliphatic carbocycles. The maximum Gasteiger partial charge on any atom is 0.133 e. The predicted octanol–water partition coefficient (Wildman–Crippen LogP) is 3.59. The summed E-state index contributed by atoms with van der Waals surface area (Å²) < 4.78 is 0. The summed E-state index contributed by atoms with van der Waals surface area (Å²) in [5.74, 6) is 0.756. The number of pyridine rings is 1. The molecule has 0 N–H and O–H groups in total. The second-order valence-electron chi connectivity index (χ2n) is 4.78. The molecule has 0 spiro atoms. The standard InChI is InChI=1S/C16H15NO/c18-13-9-8-12(11-13)14-5-1-2-6-15(14)16-7-3-4-10-17-16/h1-7,10,12H,8-9,11H2. The van der Waals surface area contributed by atoms with Gasteiger partial charge >= 0.3 is 0 Å². The first-order valence-corrected chi connectivity index (χ1v) is 6.36. The van der Waals surface area contributed by atoms with Gasteiger partial charge in [-0.05, 0) is 30.0 Å². The average molecular weight is 237 g/mol. The maximum atomic E-state index is 11.5. The molecule has 1 aromatic carbocycles. The summed E-state index contributed by atoms with van der Waals surface area (Å²) in [4.78, 5) is 15.9. The molecule has 0 aliphatic heterocycles. The lowest BCUT2D eigenvalue weighted by molar-refractivity contribution is -0.117. The molecule has 0 bridgehead atoms. The first-order chi connectivity index (χ1) is 8.84. The highest BCUT2D eigenvalue weighted by Gasteiger charge is 2.25. The average Bonchev–Trinajstić information content (AvgIpc) is 2.86. The van der Waals surface area contributed by atoms with Gasteiger partial charge in [-0.15, -0.1) is 0 Å². The monoisotopic (exact) mass is 237 g/mol. The van der Waals surface area contributed by atoms with Crippen molar-refractivity contribution in [3.8, 4) is 11.3 Å². The summed E-state index contributed by atoms with van der Waals surface area (Å²) in [6, 6.07) is 14.3. The highest BCUT2D eigenvalue weighted by Crippen LogP contribution is 2.37. The van der Waals surface area contributed by atoms with Crippen molar-refractivity contribution in [1.82, 2.24) is 4.98 Å². The van der Waals surface area contributed by atoms with Crippen molar-refractivity contribution in [2.75, 3.05) is 0 Å². The summed E-state index contributed by atoms with van der Waals surface area (Å²) in [5.41, 5.74) is 3.42. The second kappa shape index (κ2) is 4.73. The molecule has 90 valence electrons. The van der Waals surface area contributed by atoms with Gasteiger partial charge in [0.25, 0.3) is 0 Å². The number of rotatable bonds is 2. The van der Waals surface area contributed by atoms with Crippen LogP contribution < -0.4 is 0 Å². The van der Waals surface area contributed by atoms with Crippen molar-refractivity contribution in [1.29, 1.82) is 0 Å². The van der Waals surface area contributed by atoms with E-state index in [1.165, 1.54) is 5.56 Å². The van der Waals surface area contributed by atoms with E-state index in [2.05, 4.69) is 17.1 Å². The first kappa shape index (κ1) is 11.1. The van der Waals surface area contributed by atoms with Crippen LogP contribution in [0.25, 0.3) is 11.3 Å². The molecular weight excluding hydrogens is 222 g/mol. The second-order valence-corrected chi connectivity index (χ2v) is 4.78. The molecule has 0 saturated heterocycles. The Morgan fingerprint density at radius 3 is 2.61 bits per heavy atom. The molecule has 2 aromatic rings. The largest absolute Gasteiger partial charge is 0.300 e. The number of benzene rings is 1.